The number of hydrogen-bond donors (Lipinski definition) is 0. The van der Waals surface area contributed by atoms with Crippen LogP contribution >= 0.6 is 11.6 Å². The first-order chi connectivity index (χ1) is 9.08. The molecule has 0 saturated heterocycles. The summed E-state index contributed by atoms with van der Waals surface area (Å²) in [5.74, 6) is -0.935. The molecule has 0 unspecified atom stereocenters. The monoisotopic (exact) mass is 280 g/mol. The predicted molar refractivity (Wildman–Crippen MR) is 68.8 cm³/mol. The highest BCUT2D eigenvalue weighted by Crippen LogP contribution is 2.13. The number of nitrogens with zero attached hydrogens (tertiary/aromatic N) is 2. The normalized spacial score (nSPS) is 10.2. The molecule has 1 aromatic heterocycles. The molecule has 2 aromatic rings. The molecule has 0 aliphatic heterocycles. The van der Waals surface area contributed by atoms with Crippen LogP contribution in [0.15, 0.2) is 48.4 Å². The molecule has 0 atom stereocenters. The van der Waals surface area contributed by atoms with Crippen LogP contribution < -0.4 is 0 Å². The summed E-state index contributed by atoms with van der Waals surface area (Å²) in [6.07, 6.45) is 2.81. The Morgan fingerprint density at radius 3 is 2.74 bits per heavy atom. The maximum Gasteiger partial charge on any atom is 0.357 e. The van der Waals surface area contributed by atoms with Gasteiger partial charge in [0.1, 0.15) is 12.4 Å². The molecule has 0 N–H and O–H groups in total. The van der Waals surface area contributed by atoms with Crippen molar-refractivity contribution in [2.24, 2.45) is 0 Å². The average Bonchev–Trinajstić information content (AvgIpc) is 2.86. The zero-order chi connectivity index (χ0) is 13.8. The SMILES string of the molecule is C=C(Cl)COC(=O)c1cncn1-c1ccc(F)cc1. The van der Waals surface area contributed by atoms with Crippen LogP contribution in [-0.4, -0.2) is 22.1 Å². The Bertz CT molecular complexity index is 607. The van der Waals surface area contributed by atoms with Crippen molar-refractivity contribution < 1.29 is 13.9 Å². The van der Waals surface area contributed by atoms with Crippen molar-refractivity contribution in [2.45, 2.75) is 0 Å². The Hall–Kier alpha value is -2.14. The first kappa shape index (κ1) is 13.3. The molecule has 0 spiro atoms. The predicted octanol–water partition coefficient (Wildman–Crippen LogP) is 2.92. The fraction of sp³-hybridized carbons (Fsp3) is 0.0769. The smallest absolute Gasteiger partial charge is 0.357 e. The van der Waals surface area contributed by atoms with Gasteiger partial charge in [-0.15, -0.1) is 0 Å². The van der Waals surface area contributed by atoms with Gasteiger partial charge in [0.2, 0.25) is 0 Å². The summed E-state index contributed by atoms with van der Waals surface area (Å²) in [5.41, 5.74) is 0.833. The molecule has 0 fully saturated rings. The molecule has 0 aliphatic carbocycles. The third-order valence-electron chi connectivity index (χ3n) is 2.31. The molecular weight excluding hydrogens is 271 g/mol. The molecule has 4 nitrogen and oxygen atoms in total. The molecule has 0 radical (unpaired) electrons. The van der Waals surface area contributed by atoms with Crippen LogP contribution in [0.25, 0.3) is 5.69 Å². The van der Waals surface area contributed by atoms with Crippen LogP contribution in [0.5, 0.6) is 0 Å². The summed E-state index contributed by atoms with van der Waals surface area (Å²) in [4.78, 5) is 15.7. The van der Waals surface area contributed by atoms with E-state index in [4.69, 9.17) is 16.3 Å². The fourth-order valence-electron chi connectivity index (χ4n) is 1.47. The molecule has 0 aliphatic rings. The van der Waals surface area contributed by atoms with Gasteiger partial charge in [0.05, 0.1) is 12.5 Å². The molecule has 1 aromatic carbocycles. The van der Waals surface area contributed by atoms with E-state index in [1.165, 1.54) is 41.4 Å². The van der Waals surface area contributed by atoms with Crippen molar-refractivity contribution in [1.29, 1.82) is 0 Å². The van der Waals surface area contributed by atoms with E-state index < -0.39 is 5.97 Å². The lowest BCUT2D eigenvalue weighted by molar-refractivity contribution is 0.0537. The number of benzene rings is 1. The second-order valence-electron chi connectivity index (χ2n) is 3.72. The second-order valence-corrected chi connectivity index (χ2v) is 4.25. The molecular formula is C13H10ClFN2O2. The van der Waals surface area contributed by atoms with Gasteiger partial charge in [-0.25, -0.2) is 14.2 Å². The standard InChI is InChI=1S/C13H10ClFN2O2/c1-9(14)7-19-13(18)12-6-16-8-17(12)11-4-2-10(15)3-5-11/h2-6,8H,1,7H2. The van der Waals surface area contributed by atoms with Gasteiger partial charge in [-0.05, 0) is 24.3 Å². The summed E-state index contributed by atoms with van der Waals surface area (Å²) in [6, 6.07) is 5.67. The van der Waals surface area contributed by atoms with E-state index in [0.717, 1.165) is 0 Å². The Morgan fingerprint density at radius 2 is 2.11 bits per heavy atom. The van der Waals surface area contributed by atoms with Crippen LogP contribution in [0, 0.1) is 5.82 Å². The second kappa shape index (κ2) is 5.67. The minimum atomic E-state index is -0.580. The van der Waals surface area contributed by atoms with Gasteiger partial charge >= 0.3 is 5.97 Å². The summed E-state index contributed by atoms with van der Waals surface area (Å²) < 4.78 is 19.3. The summed E-state index contributed by atoms with van der Waals surface area (Å²) in [5, 5.41) is 0.223. The van der Waals surface area contributed by atoms with Crippen LogP contribution in [0.2, 0.25) is 0 Å². The molecule has 2 rings (SSSR count). The van der Waals surface area contributed by atoms with Gasteiger partial charge in [-0.2, -0.15) is 0 Å². The molecule has 0 bridgehead atoms. The van der Waals surface area contributed by atoms with Gasteiger partial charge in [-0.3, -0.25) is 4.57 Å². The zero-order valence-electron chi connectivity index (χ0n) is 9.85. The first-order valence-corrected chi connectivity index (χ1v) is 5.74. The van der Waals surface area contributed by atoms with E-state index in [1.54, 1.807) is 0 Å². The molecule has 19 heavy (non-hydrogen) atoms. The number of aromatic nitrogens is 2. The minimum absolute atomic E-state index is 0.0744. The van der Waals surface area contributed by atoms with Crippen LogP contribution in [0.4, 0.5) is 4.39 Å². The topological polar surface area (TPSA) is 44.1 Å². The molecule has 0 saturated carbocycles. The van der Waals surface area contributed by atoms with Crippen molar-refractivity contribution >= 4 is 17.6 Å². The number of rotatable bonds is 4. The van der Waals surface area contributed by atoms with Gasteiger partial charge < -0.3 is 4.74 Å². The van der Waals surface area contributed by atoms with Crippen LogP contribution in [-0.2, 0) is 4.74 Å². The third-order valence-corrected chi connectivity index (χ3v) is 2.42. The lowest BCUT2D eigenvalue weighted by Gasteiger charge is -2.07. The quantitative estimate of drug-likeness (QED) is 0.809. The average molecular weight is 281 g/mol. The number of carbonyl (C=O) groups is 1. The highest BCUT2D eigenvalue weighted by atomic mass is 35.5. The number of carbonyl (C=O) groups excluding carboxylic acids is 1. The Kier molecular flexibility index (Phi) is 3.97. The fourth-order valence-corrected chi connectivity index (χ4v) is 1.53. The van der Waals surface area contributed by atoms with E-state index in [2.05, 4.69) is 11.6 Å². The Balaban J connectivity index is 2.24. The lowest BCUT2D eigenvalue weighted by Crippen LogP contribution is -2.11. The Morgan fingerprint density at radius 1 is 1.42 bits per heavy atom. The van der Waals surface area contributed by atoms with E-state index in [0.29, 0.717) is 5.69 Å². The maximum atomic E-state index is 12.9. The van der Waals surface area contributed by atoms with Crippen LogP contribution in [0.1, 0.15) is 10.5 Å². The number of esters is 1. The number of hydrogen-bond acceptors (Lipinski definition) is 3. The van der Waals surface area contributed by atoms with Gasteiger partial charge in [-0.1, -0.05) is 18.2 Å². The van der Waals surface area contributed by atoms with E-state index >= 15 is 0 Å². The number of halogens is 2. The van der Waals surface area contributed by atoms with Gasteiger partial charge in [0, 0.05) is 10.7 Å². The Labute approximate surface area is 114 Å². The lowest BCUT2D eigenvalue weighted by atomic mass is 10.3. The van der Waals surface area contributed by atoms with Crippen molar-refractivity contribution in [1.82, 2.24) is 9.55 Å². The summed E-state index contributed by atoms with van der Waals surface area (Å²) in [6.45, 7) is 3.35. The van der Waals surface area contributed by atoms with E-state index in [-0.39, 0.29) is 23.2 Å². The molecule has 98 valence electrons. The maximum absolute atomic E-state index is 12.9. The minimum Gasteiger partial charge on any atom is -0.455 e. The summed E-state index contributed by atoms with van der Waals surface area (Å²) >= 11 is 5.52. The molecule has 0 amide bonds. The zero-order valence-corrected chi connectivity index (χ0v) is 10.6. The molecule has 6 heteroatoms. The number of imidazole rings is 1. The largest absolute Gasteiger partial charge is 0.455 e. The summed E-state index contributed by atoms with van der Waals surface area (Å²) in [7, 11) is 0. The van der Waals surface area contributed by atoms with E-state index in [1.807, 2.05) is 0 Å². The first-order valence-electron chi connectivity index (χ1n) is 5.36. The highest BCUT2D eigenvalue weighted by Gasteiger charge is 2.14. The van der Waals surface area contributed by atoms with Gasteiger partial charge in [0.25, 0.3) is 0 Å². The van der Waals surface area contributed by atoms with Crippen molar-refractivity contribution in [3.63, 3.8) is 0 Å². The van der Waals surface area contributed by atoms with Crippen LogP contribution in [0.3, 0.4) is 0 Å². The van der Waals surface area contributed by atoms with Crippen molar-refractivity contribution in [3.8, 4) is 5.69 Å². The van der Waals surface area contributed by atoms with Crippen molar-refractivity contribution in [2.75, 3.05) is 6.61 Å². The number of ether oxygens (including phenoxy) is 1. The van der Waals surface area contributed by atoms with Gasteiger partial charge in [0.15, 0.2) is 5.69 Å². The molecule has 1 heterocycles. The highest BCUT2D eigenvalue weighted by molar-refractivity contribution is 6.29. The van der Waals surface area contributed by atoms with Crippen molar-refractivity contribution in [3.05, 3.63) is 59.9 Å². The van der Waals surface area contributed by atoms with E-state index in [9.17, 15) is 9.18 Å². The third kappa shape index (κ3) is 3.20.